The summed E-state index contributed by atoms with van der Waals surface area (Å²) in [6.07, 6.45) is 4.08. The topological polar surface area (TPSA) is 204 Å². The van der Waals surface area contributed by atoms with E-state index in [1.54, 1.807) is 0 Å². The van der Waals surface area contributed by atoms with E-state index in [4.69, 9.17) is 38.5 Å². The Labute approximate surface area is 107 Å². The molecule has 0 spiro atoms. The van der Waals surface area contributed by atoms with Gasteiger partial charge in [0.25, 0.3) is 0 Å². The fourth-order valence-electron chi connectivity index (χ4n) is 0.354. The summed E-state index contributed by atoms with van der Waals surface area (Å²) < 4.78 is 17.1. The predicted molar refractivity (Wildman–Crippen MR) is 55.4 cm³/mol. The van der Waals surface area contributed by atoms with Gasteiger partial charge in [-0.2, -0.15) is 15.6 Å². The van der Waals surface area contributed by atoms with E-state index in [2.05, 4.69) is 13.8 Å². The van der Waals surface area contributed by atoms with Crippen LogP contribution < -0.4 is 29.4 Å². The molecule has 0 aliphatic rings. The van der Waals surface area contributed by atoms with Crippen molar-refractivity contribution < 1.29 is 44.0 Å². The first-order valence-corrected chi connectivity index (χ1v) is 7.80. The van der Waals surface area contributed by atoms with Gasteiger partial charge in [-0.05, 0) is 0 Å². The van der Waals surface area contributed by atoms with Crippen molar-refractivity contribution in [3.63, 3.8) is 0 Å². The van der Waals surface area contributed by atoms with E-state index in [0.29, 0.717) is 0 Å². The number of rotatable bonds is 2. The van der Waals surface area contributed by atoms with Gasteiger partial charge >= 0.3 is 0 Å². The quantitative estimate of drug-likeness (QED) is 0.472. The lowest BCUT2D eigenvalue weighted by Gasteiger charge is -2.36. The van der Waals surface area contributed by atoms with Crippen molar-refractivity contribution in [3.05, 3.63) is 0 Å². The molecule has 0 saturated carbocycles. The van der Waals surface area contributed by atoms with Gasteiger partial charge in [-0.25, -0.2) is 0 Å². The second-order valence-corrected chi connectivity index (χ2v) is 4.04. The smallest absolute Gasteiger partial charge is 0.0538 e. The van der Waals surface area contributed by atoms with Crippen LogP contribution >= 0.6 is 15.6 Å². The summed E-state index contributed by atoms with van der Waals surface area (Å²) in [7, 11) is -10.8. The Morgan fingerprint density at radius 1 is 0.722 bits per heavy atom. The Morgan fingerprint density at radius 2 is 0.833 bits per heavy atom. The fourth-order valence-corrected chi connectivity index (χ4v) is 0.354. The molecule has 2 N–H and O–H groups in total. The lowest BCUT2D eigenvalue weighted by atomic mass is 10.3. The van der Waals surface area contributed by atoms with Crippen molar-refractivity contribution in [3.8, 4) is 0 Å². The summed E-state index contributed by atoms with van der Waals surface area (Å²) >= 11 is 0. The Kier molecular flexibility index (Phi) is 33.5. The minimum absolute atomic E-state index is 0. The van der Waals surface area contributed by atoms with Crippen molar-refractivity contribution in [2.75, 3.05) is 0 Å². The summed E-state index contributed by atoms with van der Waals surface area (Å²) in [6, 6.07) is 0. The van der Waals surface area contributed by atoms with Gasteiger partial charge < -0.3 is 44.0 Å². The molecule has 0 saturated heterocycles. The van der Waals surface area contributed by atoms with Gasteiger partial charge in [0, 0.05) is 0 Å². The molecule has 0 aromatic rings. The highest BCUT2D eigenvalue weighted by molar-refractivity contribution is 7.40. The predicted octanol–water partition coefficient (Wildman–Crippen LogP) is -3.25. The third-order valence-corrected chi connectivity index (χ3v) is 0.707. The first-order valence-electron chi connectivity index (χ1n) is 4.87. The fraction of sp³-hybridized carbons (Fsp3) is 1.00. The number of unbranched alkanes of at least 4 members (excludes halogenated alkanes) is 2. The van der Waals surface area contributed by atoms with Crippen LogP contribution in [0.2, 0.25) is 0 Å². The maximum Gasteiger partial charge on any atom is -0.0538 e. The van der Waals surface area contributed by atoms with Crippen molar-refractivity contribution >= 4 is 15.6 Å². The Morgan fingerprint density at radius 3 is 0.833 bits per heavy atom. The molecule has 0 fully saturated rings. The number of phosphoric acid groups is 2. The van der Waals surface area contributed by atoms with Gasteiger partial charge in [0.2, 0.25) is 0 Å². The van der Waals surface area contributed by atoms with Crippen LogP contribution in [0.1, 0.15) is 47.0 Å². The van der Waals surface area contributed by atoms with E-state index < -0.39 is 15.6 Å². The summed E-state index contributed by atoms with van der Waals surface area (Å²) in [5.74, 6) is 0. The zero-order valence-corrected chi connectivity index (χ0v) is 12.6. The number of hydrogen-bond acceptors (Lipinski definition) is 8. The van der Waals surface area contributed by atoms with Crippen LogP contribution in [0.15, 0.2) is 0 Å². The zero-order chi connectivity index (χ0) is 15.1. The SMILES string of the molecule is CC.CCCCC.O.O=P([O-])([O-])[O-].O=P([O-])([O-])[O-]. The van der Waals surface area contributed by atoms with Crippen molar-refractivity contribution in [1.29, 1.82) is 0 Å². The van der Waals surface area contributed by atoms with E-state index in [0.717, 1.165) is 0 Å². The van der Waals surface area contributed by atoms with Crippen molar-refractivity contribution in [1.82, 2.24) is 0 Å². The molecule has 0 rings (SSSR count). The molecule has 0 aromatic heterocycles. The van der Waals surface area contributed by atoms with E-state index in [9.17, 15) is 0 Å². The minimum atomic E-state index is -5.39. The largest absolute Gasteiger partial charge is 0.822 e. The Hall–Kier alpha value is 0.180. The second kappa shape index (κ2) is 19.5. The molecule has 0 unspecified atom stereocenters. The molecular formula is C7H20O9P2-6. The van der Waals surface area contributed by atoms with Crippen LogP contribution in [0.25, 0.3) is 0 Å². The van der Waals surface area contributed by atoms with E-state index >= 15 is 0 Å². The first kappa shape index (κ1) is 30.9. The van der Waals surface area contributed by atoms with Crippen LogP contribution in [-0.2, 0) is 9.13 Å². The highest BCUT2D eigenvalue weighted by atomic mass is 31.2. The van der Waals surface area contributed by atoms with Crippen LogP contribution in [-0.4, -0.2) is 5.48 Å². The Bertz CT molecular complexity index is 170. The minimum Gasteiger partial charge on any atom is -0.822 e. The summed E-state index contributed by atoms with van der Waals surface area (Å²) in [6.45, 7) is 8.42. The molecule has 18 heavy (non-hydrogen) atoms. The van der Waals surface area contributed by atoms with E-state index in [1.165, 1.54) is 19.3 Å². The van der Waals surface area contributed by atoms with Crippen molar-refractivity contribution in [2.24, 2.45) is 0 Å². The van der Waals surface area contributed by atoms with Crippen LogP contribution in [0.4, 0.5) is 0 Å². The third kappa shape index (κ3) is 785. The van der Waals surface area contributed by atoms with E-state index in [-0.39, 0.29) is 5.48 Å². The molecule has 0 aromatic carbocycles. The average Bonchev–Trinajstić information content (AvgIpc) is 2.03. The lowest BCUT2D eigenvalue weighted by molar-refractivity contribution is -0.434. The monoisotopic (exact) mass is 310 g/mol. The highest BCUT2D eigenvalue weighted by Crippen LogP contribution is 2.03. The molecule has 118 valence electrons. The molecule has 0 bridgehead atoms. The van der Waals surface area contributed by atoms with Crippen LogP contribution in [0.5, 0.6) is 0 Å². The molecule has 0 atom stereocenters. The van der Waals surface area contributed by atoms with Gasteiger partial charge in [-0.15, -0.1) is 0 Å². The third-order valence-electron chi connectivity index (χ3n) is 0.707. The standard InChI is InChI=1S/C5H12.C2H6.2H3O4P.H2O/c1-3-5-4-2;1-2;2*1-5(2,3)4;/h3-5H2,1-2H3;1-2H3;2*(H3,1,2,3,4);1H2/p-6. The van der Waals surface area contributed by atoms with Crippen molar-refractivity contribution in [2.45, 2.75) is 47.0 Å². The molecule has 9 nitrogen and oxygen atoms in total. The van der Waals surface area contributed by atoms with Gasteiger partial charge in [0.05, 0.1) is 0 Å². The van der Waals surface area contributed by atoms with Gasteiger partial charge in [0.1, 0.15) is 0 Å². The molecule has 11 heteroatoms. The van der Waals surface area contributed by atoms with Crippen LogP contribution in [0.3, 0.4) is 0 Å². The van der Waals surface area contributed by atoms with Gasteiger partial charge in [0.15, 0.2) is 0 Å². The highest BCUT2D eigenvalue weighted by Gasteiger charge is 1.68. The van der Waals surface area contributed by atoms with Crippen LogP contribution in [0, 0.1) is 0 Å². The normalized spacial score (nSPS) is 9.22. The maximum atomic E-state index is 8.55. The van der Waals surface area contributed by atoms with E-state index in [1.807, 2.05) is 13.8 Å². The number of hydrogen-bond donors (Lipinski definition) is 0. The second-order valence-electron chi connectivity index (χ2n) is 2.25. The molecular weight excluding hydrogens is 290 g/mol. The molecule has 0 amide bonds. The van der Waals surface area contributed by atoms with Gasteiger partial charge in [-0.3, -0.25) is 0 Å². The Balaban J connectivity index is -0.0000000427. The molecule has 0 aliphatic heterocycles. The summed E-state index contributed by atoms with van der Waals surface area (Å²) in [5, 5.41) is 0. The molecule has 0 aliphatic carbocycles. The summed E-state index contributed by atoms with van der Waals surface area (Å²) in [4.78, 5) is 51.3. The maximum absolute atomic E-state index is 8.55. The summed E-state index contributed by atoms with van der Waals surface area (Å²) in [5.41, 5.74) is 0. The van der Waals surface area contributed by atoms with Gasteiger partial charge in [-0.1, -0.05) is 47.0 Å². The average molecular weight is 310 g/mol. The molecule has 0 heterocycles. The molecule has 0 radical (unpaired) electrons. The zero-order valence-electron chi connectivity index (χ0n) is 10.8. The lowest BCUT2D eigenvalue weighted by Crippen LogP contribution is -2.24. The first-order chi connectivity index (χ1) is 7.41.